The number of hydrogen-bond acceptors (Lipinski definition) is 6. The number of nitrogens with two attached hydrogens (primary N) is 1. The largest absolute Gasteiger partial charge is 0.399 e. The average molecular weight is 409 g/mol. The summed E-state index contributed by atoms with van der Waals surface area (Å²) in [5.74, 6) is 0.415. The fourth-order valence-electron chi connectivity index (χ4n) is 3.56. The minimum Gasteiger partial charge on any atom is -0.399 e. The zero-order valence-corrected chi connectivity index (χ0v) is 16.3. The van der Waals surface area contributed by atoms with Crippen LogP contribution in [0.25, 0.3) is 21.0 Å². The van der Waals surface area contributed by atoms with Gasteiger partial charge in [-0.25, -0.2) is 9.37 Å². The van der Waals surface area contributed by atoms with E-state index in [1.165, 1.54) is 23.5 Å². The number of nitrogens with zero attached hydrogens (tertiary/aromatic N) is 5. The average Bonchev–Trinajstić information content (AvgIpc) is 3.33. The lowest BCUT2D eigenvalue weighted by Crippen LogP contribution is -2.41. The van der Waals surface area contributed by atoms with Gasteiger partial charge in [0, 0.05) is 24.3 Å². The van der Waals surface area contributed by atoms with Crippen LogP contribution in [0.2, 0.25) is 0 Å². The van der Waals surface area contributed by atoms with Crippen LogP contribution in [0.3, 0.4) is 0 Å². The fourth-order valence-corrected chi connectivity index (χ4v) is 4.57. The lowest BCUT2D eigenvalue weighted by molar-refractivity contribution is 0.0638. The first-order valence-electron chi connectivity index (χ1n) is 9.59. The van der Waals surface area contributed by atoms with Crippen LogP contribution in [-0.4, -0.2) is 37.1 Å². The number of anilines is 1. The van der Waals surface area contributed by atoms with Gasteiger partial charge in [0.05, 0.1) is 17.6 Å². The molecule has 3 heterocycles. The van der Waals surface area contributed by atoms with Crippen molar-refractivity contribution < 1.29 is 10.6 Å². The summed E-state index contributed by atoms with van der Waals surface area (Å²) in [6, 6.07) is 8.76. The Hall–Kier alpha value is -3.33. The Morgan fingerprint density at radius 1 is 1.28 bits per heavy atom. The molecule has 9 heteroatoms. The molecule has 2 aromatic heterocycles. The molecule has 1 amide bonds. The molecule has 0 aliphatic carbocycles. The van der Waals surface area contributed by atoms with Crippen molar-refractivity contribution >= 4 is 33.1 Å². The van der Waals surface area contributed by atoms with E-state index in [1.807, 2.05) is 29.7 Å². The lowest BCUT2D eigenvalue weighted by Gasteiger charge is -2.33. The summed E-state index contributed by atoms with van der Waals surface area (Å²) in [5.41, 5.74) is 7.68. The summed E-state index contributed by atoms with van der Waals surface area (Å²) < 4.78 is 24.0. The molecule has 0 radical (unpaired) electrons. The Morgan fingerprint density at radius 2 is 2.14 bits per heavy atom. The van der Waals surface area contributed by atoms with E-state index in [-0.39, 0.29) is 23.6 Å². The van der Waals surface area contributed by atoms with Crippen molar-refractivity contribution in [1.29, 1.82) is 0 Å². The van der Waals surface area contributed by atoms with E-state index in [2.05, 4.69) is 15.2 Å². The highest BCUT2D eigenvalue weighted by Crippen LogP contribution is 2.34. The van der Waals surface area contributed by atoms with Gasteiger partial charge in [-0.1, -0.05) is 0 Å². The first-order chi connectivity index (χ1) is 14.4. The number of benzene rings is 2. The van der Waals surface area contributed by atoms with Crippen molar-refractivity contribution in [3.05, 3.63) is 59.6 Å². The Morgan fingerprint density at radius 3 is 2.97 bits per heavy atom. The molecule has 1 atom stereocenters. The van der Waals surface area contributed by atoms with Gasteiger partial charge >= 0.3 is 0 Å². The molecule has 0 saturated heterocycles. The van der Waals surface area contributed by atoms with E-state index in [4.69, 9.17) is 7.10 Å². The molecule has 29 heavy (non-hydrogen) atoms. The molecule has 1 aliphatic rings. The van der Waals surface area contributed by atoms with Crippen molar-refractivity contribution in [3.63, 3.8) is 0 Å². The lowest BCUT2D eigenvalue weighted by atomic mass is 10.1. The molecule has 0 unspecified atom stereocenters. The van der Waals surface area contributed by atoms with Gasteiger partial charge in [0.1, 0.15) is 5.82 Å². The molecule has 1 aliphatic heterocycles. The molecular weight excluding hydrogens is 391 g/mol. The highest BCUT2D eigenvalue weighted by molar-refractivity contribution is 7.21. The molecule has 2 N–H and O–H groups in total. The van der Waals surface area contributed by atoms with Gasteiger partial charge in [0.15, 0.2) is 16.7 Å². The van der Waals surface area contributed by atoms with E-state index >= 15 is 0 Å². The molecule has 5 rings (SSSR count). The third-order valence-corrected chi connectivity index (χ3v) is 6.09. The second kappa shape index (κ2) is 6.63. The maximum atomic E-state index is 13.4. The predicted molar refractivity (Wildman–Crippen MR) is 109 cm³/mol. The summed E-state index contributed by atoms with van der Waals surface area (Å²) in [7, 11) is 0. The van der Waals surface area contributed by atoms with Gasteiger partial charge in [0.2, 0.25) is 0 Å². The number of fused-ring (bicyclic) bond motifs is 2. The minimum atomic E-state index is -0.653. The van der Waals surface area contributed by atoms with Gasteiger partial charge in [-0.2, -0.15) is 0 Å². The number of carbonyl (C=O) groups excluding carboxylic acids is 1. The minimum absolute atomic E-state index is 0.262. The molecule has 2 aromatic carbocycles. The number of halogens is 1. The summed E-state index contributed by atoms with van der Waals surface area (Å²) in [5, 5.41) is 9.41. The first kappa shape index (κ1) is 16.6. The zero-order chi connectivity index (χ0) is 21.0. The number of rotatable bonds is 2. The molecule has 7 nitrogen and oxygen atoms in total. The number of aromatic nitrogens is 4. The monoisotopic (exact) mass is 409 g/mol. The predicted octanol–water partition coefficient (Wildman–Crippen LogP) is 3.49. The smallest absolute Gasteiger partial charge is 0.254 e. The summed E-state index contributed by atoms with van der Waals surface area (Å²) in [6.45, 7) is 2.84. The van der Waals surface area contributed by atoms with Crippen LogP contribution in [0.4, 0.5) is 10.1 Å². The molecule has 4 aromatic rings. The van der Waals surface area contributed by atoms with Crippen LogP contribution >= 0.6 is 11.3 Å². The normalized spacial score (nSPS) is 16.7. The van der Waals surface area contributed by atoms with Crippen LogP contribution in [-0.2, 0) is 6.54 Å². The summed E-state index contributed by atoms with van der Waals surface area (Å²) in [4.78, 5) is 19.3. The van der Waals surface area contributed by atoms with Crippen molar-refractivity contribution in [2.75, 3.05) is 12.3 Å². The van der Waals surface area contributed by atoms with Crippen molar-refractivity contribution in [2.24, 2.45) is 0 Å². The quantitative estimate of drug-likeness (QED) is 0.512. The van der Waals surface area contributed by atoms with Gasteiger partial charge in [0.25, 0.3) is 5.91 Å². The Labute approximate surface area is 171 Å². The van der Waals surface area contributed by atoms with Gasteiger partial charge in [-0.05, 0) is 49.4 Å². The Bertz CT molecular complexity index is 1300. The van der Waals surface area contributed by atoms with Crippen LogP contribution in [0.15, 0.2) is 42.4 Å². The number of amides is 1. The molecule has 0 saturated carbocycles. The Kier molecular flexibility index (Phi) is 3.80. The van der Waals surface area contributed by atoms with E-state index in [0.29, 0.717) is 30.4 Å². The molecule has 0 bridgehead atoms. The highest BCUT2D eigenvalue weighted by atomic mass is 32.1. The second-order valence-corrected chi connectivity index (χ2v) is 7.91. The van der Waals surface area contributed by atoms with Crippen molar-refractivity contribution in [1.82, 2.24) is 24.6 Å². The van der Waals surface area contributed by atoms with Crippen LogP contribution in [0.5, 0.6) is 0 Å². The third kappa shape index (κ3) is 2.94. The maximum absolute atomic E-state index is 13.4. The van der Waals surface area contributed by atoms with E-state index in [0.717, 1.165) is 21.3 Å². The topological polar surface area (TPSA) is 89.9 Å². The number of nitrogen functional groups attached to an aromatic ring is 1. The fraction of sp³-hybridized carbons (Fsp3) is 0.200. The van der Waals surface area contributed by atoms with Crippen molar-refractivity contribution in [3.8, 4) is 10.8 Å². The summed E-state index contributed by atoms with van der Waals surface area (Å²) >= 11 is 1.50. The standard InChI is InChI=1S/C20H17FN6OS/c1-11-17-24-25-18(19-23-15-7-6-14(22)10-16(15)29-19)27(17)9-8-26(11)20(28)12-2-4-13(21)5-3-12/h2-7,10-11H,8-9,22H2,1H3/t11-/m1/s1/i4D. The zero-order valence-electron chi connectivity index (χ0n) is 16.5. The number of carbonyl (C=O) groups is 1. The van der Waals surface area contributed by atoms with E-state index in [9.17, 15) is 9.18 Å². The molecule has 146 valence electrons. The SMILES string of the molecule is [2H]c1cc(C(=O)N2CCn3c(-c4nc5ccc(N)cc5s4)nnc3[C@H]2C)ccc1F. The van der Waals surface area contributed by atoms with E-state index in [1.54, 1.807) is 4.90 Å². The first-order valence-corrected chi connectivity index (χ1v) is 9.90. The van der Waals surface area contributed by atoms with Crippen LogP contribution < -0.4 is 5.73 Å². The van der Waals surface area contributed by atoms with E-state index < -0.39 is 5.82 Å². The Balaban J connectivity index is 1.47. The van der Waals surface area contributed by atoms with Crippen LogP contribution in [0, 0.1) is 5.82 Å². The van der Waals surface area contributed by atoms with Crippen molar-refractivity contribution in [2.45, 2.75) is 19.5 Å². The van der Waals surface area contributed by atoms with Crippen LogP contribution in [0.1, 0.15) is 30.5 Å². The molecule has 0 spiro atoms. The molecular formula is C20H17FN6OS. The van der Waals surface area contributed by atoms with Gasteiger partial charge in [-0.3, -0.25) is 4.79 Å². The molecule has 0 fully saturated rings. The number of hydrogen-bond donors (Lipinski definition) is 1. The number of thiazole rings is 1. The van der Waals surface area contributed by atoms with Gasteiger partial charge in [-0.15, -0.1) is 21.5 Å². The third-order valence-electron chi connectivity index (χ3n) is 5.07. The second-order valence-electron chi connectivity index (χ2n) is 6.88. The maximum Gasteiger partial charge on any atom is 0.254 e. The highest BCUT2D eigenvalue weighted by Gasteiger charge is 2.32. The van der Waals surface area contributed by atoms with Gasteiger partial charge < -0.3 is 15.2 Å². The summed E-state index contributed by atoms with van der Waals surface area (Å²) in [6.07, 6.45) is 0.